The van der Waals surface area contributed by atoms with Crippen molar-refractivity contribution in [3.8, 4) is 0 Å². The maximum atomic E-state index is 13.4. The molecule has 4 rings (SSSR count). The van der Waals surface area contributed by atoms with Gasteiger partial charge in [-0.1, -0.05) is 25.5 Å². The molecule has 1 aliphatic carbocycles. The van der Waals surface area contributed by atoms with E-state index in [2.05, 4.69) is 65.2 Å². The van der Waals surface area contributed by atoms with Crippen molar-refractivity contribution in [2.24, 2.45) is 29.6 Å². The molecule has 2 aromatic rings. The smallest absolute Gasteiger partial charge is 0.188 e. The quantitative estimate of drug-likeness (QED) is 0.377. The lowest BCUT2D eigenvalue weighted by Gasteiger charge is -2.45. The zero-order valence-corrected chi connectivity index (χ0v) is 20.1. The number of rotatable bonds is 8. The summed E-state index contributed by atoms with van der Waals surface area (Å²) >= 11 is 0. The number of hydrogen-bond acceptors (Lipinski definition) is 3. The Balaban J connectivity index is 1.42. The highest BCUT2D eigenvalue weighted by molar-refractivity contribution is 5.89. The Bertz CT molecular complexity index is 994. The Kier molecular flexibility index (Phi) is 6.89. The molecular weight excluding hydrogens is 398 g/mol. The Morgan fingerprint density at radius 3 is 2.91 bits per heavy atom. The highest BCUT2D eigenvalue weighted by atomic mass is 16.1. The number of guanidine groups is 1. The van der Waals surface area contributed by atoms with Crippen molar-refractivity contribution in [1.82, 2.24) is 14.8 Å². The van der Waals surface area contributed by atoms with Gasteiger partial charge in [0.05, 0.1) is 0 Å². The van der Waals surface area contributed by atoms with Crippen molar-refractivity contribution >= 4 is 22.6 Å². The number of Topliss-reactive ketones (excluding diaryl/α,β-unsaturated/α-hetero) is 1. The van der Waals surface area contributed by atoms with E-state index in [4.69, 9.17) is 5.73 Å². The zero-order chi connectivity index (χ0) is 22.8. The van der Waals surface area contributed by atoms with Crippen molar-refractivity contribution < 1.29 is 4.79 Å². The van der Waals surface area contributed by atoms with Crippen molar-refractivity contribution in [2.75, 3.05) is 27.2 Å². The van der Waals surface area contributed by atoms with Gasteiger partial charge in [0.1, 0.15) is 5.78 Å². The monoisotopic (exact) mass is 437 g/mol. The Morgan fingerprint density at radius 2 is 2.16 bits per heavy atom. The van der Waals surface area contributed by atoms with Crippen LogP contribution in [0.4, 0.5) is 0 Å². The lowest BCUT2D eigenvalue weighted by atomic mass is 9.71. The van der Waals surface area contributed by atoms with Crippen LogP contribution in [0.15, 0.2) is 29.4 Å². The minimum atomic E-state index is 0.136. The van der Waals surface area contributed by atoms with Crippen molar-refractivity contribution in [2.45, 2.75) is 57.4 Å². The summed E-state index contributed by atoms with van der Waals surface area (Å²) in [4.78, 5) is 19.8. The minimum Gasteiger partial charge on any atom is -0.370 e. The van der Waals surface area contributed by atoms with Gasteiger partial charge in [-0.05, 0) is 55.8 Å². The summed E-state index contributed by atoms with van der Waals surface area (Å²) in [5.41, 5.74) is 9.94. The van der Waals surface area contributed by atoms with Gasteiger partial charge in [-0.25, -0.2) is 0 Å². The molecule has 0 radical (unpaired) electrons. The first-order valence-corrected chi connectivity index (χ1v) is 12.2. The third-order valence-corrected chi connectivity index (χ3v) is 7.89. The predicted molar refractivity (Wildman–Crippen MR) is 132 cm³/mol. The summed E-state index contributed by atoms with van der Waals surface area (Å²) in [6.45, 7) is 3.90. The van der Waals surface area contributed by atoms with Crippen LogP contribution in [-0.4, -0.2) is 54.4 Å². The molecule has 0 spiro atoms. The van der Waals surface area contributed by atoms with E-state index in [0.717, 1.165) is 45.2 Å². The van der Waals surface area contributed by atoms with Crippen molar-refractivity contribution in [3.63, 3.8) is 0 Å². The van der Waals surface area contributed by atoms with Gasteiger partial charge < -0.3 is 20.5 Å². The van der Waals surface area contributed by atoms with Gasteiger partial charge in [0.15, 0.2) is 5.96 Å². The van der Waals surface area contributed by atoms with Crippen LogP contribution >= 0.6 is 0 Å². The second-order valence-electron chi connectivity index (χ2n) is 9.88. The molecule has 1 aromatic carbocycles. The van der Waals surface area contributed by atoms with E-state index in [0.29, 0.717) is 36.0 Å². The summed E-state index contributed by atoms with van der Waals surface area (Å²) < 4.78 is 2.26. The number of carbonyl (C=O) groups is 1. The standard InChI is InChI=1S/C26H39N5O/c1-5-17(8-7-11-29-26(27)28-2)12-24(32)18-13-21-20-9-6-10-22-25(20)19(16-30(22)3)14-23(21)31(4)15-18/h6,9-10,16-18,21,23H,5,7-8,11-15H2,1-4H3,(H3,27,28,29)/t17-,18-,21?,23-/m1/s1. The van der Waals surface area contributed by atoms with E-state index in [1.54, 1.807) is 7.05 Å². The van der Waals surface area contributed by atoms with Gasteiger partial charge in [-0.3, -0.25) is 9.79 Å². The second kappa shape index (κ2) is 9.65. The molecule has 2 heterocycles. The van der Waals surface area contributed by atoms with Crippen LogP contribution in [-0.2, 0) is 18.3 Å². The average molecular weight is 438 g/mol. The largest absolute Gasteiger partial charge is 0.370 e. The van der Waals surface area contributed by atoms with Crippen LogP contribution in [0.3, 0.4) is 0 Å². The third-order valence-electron chi connectivity index (χ3n) is 7.89. The number of carbonyl (C=O) groups excluding carboxylic acids is 1. The first-order valence-electron chi connectivity index (χ1n) is 12.2. The lowest BCUT2D eigenvalue weighted by Crippen LogP contribution is -2.49. The molecule has 6 nitrogen and oxygen atoms in total. The first kappa shape index (κ1) is 22.8. The normalized spacial score (nSPS) is 24.4. The SMILES string of the molecule is CC[C@H](CCCNC(N)=NC)CC(=O)[C@@H]1CC2c3cccc4c3c(cn4C)C[C@H]2N(C)C1. The number of likely N-dealkylation sites (N-methyl/N-ethyl adjacent to an activating group) is 1. The highest BCUT2D eigenvalue weighted by Gasteiger charge is 2.41. The molecule has 1 fully saturated rings. The summed E-state index contributed by atoms with van der Waals surface area (Å²) in [6.07, 6.45) is 8.18. The molecule has 3 N–H and O–H groups in total. The van der Waals surface area contributed by atoms with E-state index >= 15 is 0 Å². The van der Waals surface area contributed by atoms with E-state index in [1.807, 2.05) is 0 Å². The molecule has 6 heteroatoms. The van der Waals surface area contributed by atoms with E-state index in [1.165, 1.54) is 22.0 Å². The van der Waals surface area contributed by atoms with Crippen LogP contribution in [0.25, 0.3) is 10.9 Å². The Hall–Kier alpha value is -2.34. The fraction of sp³-hybridized carbons (Fsp3) is 0.615. The number of ketones is 1. The van der Waals surface area contributed by atoms with E-state index in [9.17, 15) is 4.79 Å². The van der Waals surface area contributed by atoms with Gasteiger partial charge in [0.2, 0.25) is 0 Å². The van der Waals surface area contributed by atoms with Gasteiger partial charge in [-0.15, -0.1) is 0 Å². The number of aromatic nitrogens is 1. The highest BCUT2D eigenvalue weighted by Crippen LogP contribution is 2.45. The maximum absolute atomic E-state index is 13.4. The molecule has 2 aliphatic rings. The van der Waals surface area contributed by atoms with E-state index in [-0.39, 0.29) is 5.92 Å². The molecule has 1 aliphatic heterocycles. The van der Waals surface area contributed by atoms with Crippen LogP contribution < -0.4 is 11.1 Å². The zero-order valence-electron chi connectivity index (χ0n) is 20.1. The molecule has 1 unspecified atom stereocenters. The van der Waals surface area contributed by atoms with Crippen LogP contribution in [0.2, 0.25) is 0 Å². The number of piperidine rings is 1. The van der Waals surface area contributed by atoms with Gasteiger partial charge in [0.25, 0.3) is 0 Å². The van der Waals surface area contributed by atoms with E-state index < -0.39 is 0 Å². The summed E-state index contributed by atoms with van der Waals surface area (Å²) in [5, 5.41) is 4.56. The molecule has 1 saturated heterocycles. The Labute approximate surface area is 192 Å². The number of nitrogens with zero attached hydrogens (tertiary/aromatic N) is 3. The summed E-state index contributed by atoms with van der Waals surface area (Å²) in [5.74, 6) is 1.97. The maximum Gasteiger partial charge on any atom is 0.188 e. The van der Waals surface area contributed by atoms with Gasteiger partial charge >= 0.3 is 0 Å². The molecular formula is C26H39N5O. The van der Waals surface area contributed by atoms with Gasteiger partial charge in [0, 0.05) is 68.6 Å². The van der Waals surface area contributed by atoms with Crippen LogP contribution in [0.1, 0.15) is 56.1 Å². The average Bonchev–Trinajstić information content (AvgIpc) is 3.12. The fourth-order valence-corrected chi connectivity index (χ4v) is 6.04. The number of likely N-dealkylation sites (tertiary alicyclic amines) is 1. The predicted octanol–water partition coefficient (Wildman–Crippen LogP) is 3.44. The molecule has 4 atom stereocenters. The number of aliphatic imine (C=N–C) groups is 1. The number of nitrogens with two attached hydrogens (primary N) is 1. The second-order valence-corrected chi connectivity index (χ2v) is 9.88. The first-order chi connectivity index (χ1) is 15.4. The number of benzene rings is 1. The summed E-state index contributed by atoms with van der Waals surface area (Å²) in [7, 11) is 6.05. The number of nitrogens with one attached hydrogen (secondary N) is 1. The minimum absolute atomic E-state index is 0.136. The van der Waals surface area contributed by atoms with Crippen LogP contribution in [0.5, 0.6) is 0 Å². The molecule has 32 heavy (non-hydrogen) atoms. The number of aryl methyl sites for hydroxylation is 1. The molecule has 174 valence electrons. The molecule has 0 bridgehead atoms. The molecule has 0 saturated carbocycles. The lowest BCUT2D eigenvalue weighted by molar-refractivity contribution is -0.126. The topological polar surface area (TPSA) is 75.6 Å². The molecule has 1 aromatic heterocycles. The number of fused-ring (bicyclic) bond motifs is 2. The Morgan fingerprint density at radius 1 is 1.34 bits per heavy atom. The summed E-state index contributed by atoms with van der Waals surface area (Å²) in [6, 6.07) is 7.21. The van der Waals surface area contributed by atoms with Gasteiger partial charge in [-0.2, -0.15) is 0 Å². The van der Waals surface area contributed by atoms with Crippen molar-refractivity contribution in [1.29, 1.82) is 0 Å². The molecule has 0 amide bonds. The third kappa shape index (κ3) is 4.42. The van der Waals surface area contributed by atoms with Crippen molar-refractivity contribution in [3.05, 3.63) is 35.5 Å². The number of hydrogen-bond donors (Lipinski definition) is 2. The van der Waals surface area contributed by atoms with Crippen LogP contribution in [0, 0.1) is 11.8 Å². The fourth-order valence-electron chi connectivity index (χ4n) is 6.04.